The molecule has 0 aromatic carbocycles. The predicted octanol–water partition coefficient (Wildman–Crippen LogP) is 2.34. The van der Waals surface area contributed by atoms with Gasteiger partial charge in [0.05, 0.1) is 18.0 Å². The van der Waals surface area contributed by atoms with Crippen LogP contribution in [0.3, 0.4) is 0 Å². The van der Waals surface area contributed by atoms with Crippen LogP contribution in [0.15, 0.2) is 18.6 Å². The third kappa shape index (κ3) is 3.07. The first kappa shape index (κ1) is 11.1. The third-order valence-corrected chi connectivity index (χ3v) is 2.64. The first-order chi connectivity index (χ1) is 6.77. The van der Waals surface area contributed by atoms with Crippen molar-refractivity contribution in [1.82, 2.24) is 9.97 Å². The summed E-state index contributed by atoms with van der Waals surface area (Å²) in [5.74, 6) is 0.576. The summed E-state index contributed by atoms with van der Waals surface area (Å²) in [4.78, 5) is 8.03. The van der Waals surface area contributed by atoms with Crippen molar-refractivity contribution >= 4 is 0 Å². The lowest BCUT2D eigenvalue weighted by Crippen LogP contribution is -2.07. The number of nitrogens with zero attached hydrogens (tertiary/aromatic N) is 2. The molecule has 0 fully saturated rings. The Hall–Kier alpha value is -0.960. The van der Waals surface area contributed by atoms with Gasteiger partial charge in [0.2, 0.25) is 0 Å². The molecule has 0 aliphatic rings. The normalized spacial score (nSPS) is 13.1. The molecule has 0 radical (unpaired) electrons. The van der Waals surface area contributed by atoms with Crippen LogP contribution in [0.2, 0.25) is 0 Å². The van der Waals surface area contributed by atoms with Crippen molar-refractivity contribution in [3.63, 3.8) is 0 Å². The Morgan fingerprint density at radius 2 is 2.00 bits per heavy atom. The van der Waals surface area contributed by atoms with Crippen molar-refractivity contribution < 1.29 is 5.11 Å². The Labute approximate surface area is 85.2 Å². The maximum atomic E-state index is 9.85. The van der Waals surface area contributed by atoms with E-state index in [1.165, 1.54) is 0 Å². The van der Waals surface area contributed by atoms with Gasteiger partial charge in [0.15, 0.2) is 0 Å². The van der Waals surface area contributed by atoms with Crippen molar-refractivity contribution in [2.75, 3.05) is 0 Å². The van der Waals surface area contributed by atoms with Gasteiger partial charge >= 0.3 is 0 Å². The topological polar surface area (TPSA) is 46.0 Å². The molecule has 0 bridgehead atoms. The van der Waals surface area contributed by atoms with Gasteiger partial charge in [-0.3, -0.25) is 9.97 Å². The van der Waals surface area contributed by atoms with E-state index in [9.17, 15) is 5.11 Å². The van der Waals surface area contributed by atoms with Crippen LogP contribution in [-0.4, -0.2) is 15.1 Å². The molecule has 1 heterocycles. The molecule has 1 atom stereocenters. The van der Waals surface area contributed by atoms with Gasteiger partial charge in [-0.05, 0) is 12.3 Å². The van der Waals surface area contributed by atoms with Gasteiger partial charge in [0.1, 0.15) is 0 Å². The molecular formula is C11H18N2O. The summed E-state index contributed by atoms with van der Waals surface area (Å²) >= 11 is 0. The summed E-state index contributed by atoms with van der Waals surface area (Å²) in [6.07, 6.45) is 7.40. The molecule has 0 spiro atoms. The van der Waals surface area contributed by atoms with Crippen molar-refractivity contribution in [3.8, 4) is 0 Å². The van der Waals surface area contributed by atoms with Gasteiger partial charge in [-0.2, -0.15) is 0 Å². The Morgan fingerprint density at radius 3 is 2.50 bits per heavy atom. The van der Waals surface area contributed by atoms with Crippen molar-refractivity contribution in [3.05, 3.63) is 24.3 Å². The summed E-state index contributed by atoms with van der Waals surface area (Å²) in [7, 11) is 0. The molecule has 3 heteroatoms. The van der Waals surface area contributed by atoms with E-state index in [2.05, 4.69) is 23.8 Å². The van der Waals surface area contributed by atoms with Crippen LogP contribution >= 0.6 is 0 Å². The van der Waals surface area contributed by atoms with Crippen LogP contribution < -0.4 is 0 Å². The van der Waals surface area contributed by atoms with Crippen LogP contribution in [0.4, 0.5) is 0 Å². The standard InChI is InChI=1S/C11H18N2O/c1-3-9(4-2)7-11(14)10-8-12-5-6-13-10/h5-6,8-9,11,14H,3-4,7H2,1-2H3. The lowest BCUT2D eigenvalue weighted by molar-refractivity contribution is 0.136. The van der Waals surface area contributed by atoms with E-state index >= 15 is 0 Å². The largest absolute Gasteiger partial charge is 0.387 e. The van der Waals surface area contributed by atoms with E-state index in [4.69, 9.17) is 0 Å². The highest BCUT2D eigenvalue weighted by Crippen LogP contribution is 2.22. The van der Waals surface area contributed by atoms with E-state index in [1.807, 2.05) is 0 Å². The van der Waals surface area contributed by atoms with Crippen LogP contribution in [0.1, 0.15) is 44.9 Å². The highest BCUT2D eigenvalue weighted by molar-refractivity contribution is 4.99. The molecule has 78 valence electrons. The van der Waals surface area contributed by atoms with E-state index < -0.39 is 6.10 Å². The molecule has 0 aliphatic heterocycles. The average Bonchev–Trinajstić information content (AvgIpc) is 2.26. The highest BCUT2D eigenvalue weighted by atomic mass is 16.3. The van der Waals surface area contributed by atoms with Crippen LogP contribution in [-0.2, 0) is 0 Å². The molecule has 1 rings (SSSR count). The molecule has 0 aliphatic carbocycles. The predicted molar refractivity (Wildman–Crippen MR) is 55.7 cm³/mol. The molecule has 1 unspecified atom stereocenters. The minimum Gasteiger partial charge on any atom is -0.387 e. The van der Waals surface area contributed by atoms with E-state index in [0.717, 1.165) is 19.3 Å². The lowest BCUT2D eigenvalue weighted by Gasteiger charge is -2.16. The fourth-order valence-corrected chi connectivity index (χ4v) is 1.54. The molecule has 1 aromatic heterocycles. The summed E-state index contributed by atoms with van der Waals surface area (Å²) < 4.78 is 0. The Kier molecular flexibility index (Phi) is 4.53. The Morgan fingerprint density at radius 1 is 1.29 bits per heavy atom. The number of hydrogen-bond donors (Lipinski definition) is 1. The van der Waals surface area contributed by atoms with Gasteiger partial charge in [-0.1, -0.05) is 26.7 Å². The minimum atomic E-state index is -0.464. The quantitative estimate of drug-likeness (QED) is 0.782. The van der Waals surface area contributed by atoms with Gasteiger partial charge in [-0.25, -0.2) is 0 Å². The summed E-state index contributed by atoms with van der Waals surface area (Å²) in [6, 6.07) is 0. The molecule has 0 saturated carbocycles. The summed E-state index contributed by atoms with van der Waals surface area (Å²) in [5, 5.41) is 9.85. The first-order valence-corrected chi connectivity index (χ1v) is 5.21. The second kappa shape index (κ2) is 5.70. The van der Waals surface area contributed by atoms with E-state index in [-0.39, 0.29) is 0 Å². The number of rotatable bonds is 5. The summed E-state index contributed by atoms with van der Waals surface area (Å²) in [6.45, 7) is 4.30. The number of aromatic nitrogens is 2. The number of aliphatic hydroxyl groups excluding tert-OH is 1. The molecule has 14 heavy (non-hydrogen) atoms. The second-order valence-corrected chi connectivity index (χ2v) is 3.56. The molecule has 3 nitrogen and oxygen atoms in total. The van der Waals surface area contributed by atoms with Gasteiger partial charge < -0.3 is 5.11 Å². The zero-order valence-corrected chi connectivity index (χ0v) is 8.85. The summed E-state index contributed by atoms with van der Waals surface area (Å²) in [5.41, 5.74) is 0.680. The fraction of sp³-hybridized carbons (Fsp3) is 0.636. The molecule has 1 N–H and O–H groups in total. The molecule has 0 amide bonds. The van der Waals surface area contributed by atoms with E-state index in [0.29, 0.717) is 11.6 Å². The maximum absolute atomic E-state index is 9.85. The van der Waals surface area contributed by atoms with Crippen LogP contribution in [0.5, 0.6) is 0 Å². The minimum absolute atomic E-state index is 0.464. The maximum Gasteiger partial charge on any atom is 0.0978 e. The Balaban J connectivity index is 2.54. The fourth-order valence-electron chi connectivity index (χ4n) is 1.54. The van der Waals surface area contributed by atoms with Crippen LogP contribution in [0.25, 0.3) is 0 Å². The molecular weight excluding hydrogens is 176 g/mol. The highest BCUT2D eigenvalue weighted by Gasteiger charge is 2.14. The van der Waals surface area contributed by atoms with Crippen molar-refractivity contribution in [1.29, 1.82) is 0 Å². The van der Waals surface area contributed by atoms with Gasteiger partial charge in [0, 0.05) is 12.4 Å². The van der Waals surface area contributed by atoms with Gasteiger partial charge in [-0.15, -0.1) is 0 Å². The van der Waals surface area contributed by atoms with Crippen molar-refractivity contribution in [2.45, 2.75) is 39.2 Å². The third-order valence-electron chi connectivity index (χ3n) is 2.64. The number of hydrogen-bond acceptors (Lipinski definition) is 3. The molecule has 0 saturated heterocycles. The first-order valence-electron chi connectivity index (χ1n) is 5.21. The van der Waals surface area contributed by atoms with E-state index in [1.54, 1.807) is 18.6 Å². The Bertz CT molecular complexity index is 247. The monoisotopic (exact) mass is 194 g/mol. The second-order valence-electron chi connectivity index (χ2n) is 3.56. The van der Waals surface area contributed by atoms with Crippen molar-refractivity contribution in [2.24, 2.45) is 5.92 Å². The number of aliphatic hydroxyl groups is 1. The van der Waals surface area contributed by atoms with Gasteiger partial charge in [0.25, 0.3) is 0 Å². The smallest absolute Gasteiger partial charge is 0.0978 e. The zero-order chi connectivity index (χ0) is 10.4. The average molecular weight is 194 g/mol. The molecule has 1 aromatic rings. The zero-order valence-electron chi connectivity index (χ0n) is 8.85. The van der Waals surface area contributed by atoms with Crippen LogP contribution in [0, 0.1) is 5.92 Å². The SMILES string of the molecule is CCC(CC)CC(O)c1cnccn1. The lowest BCUT2D eigenvalue weighted by atomic mass is 9.95.